The van der Waals surface area contributed by atoms with Crippen molar-refractivity contribution in [3.63, 3.8) is 0 Å². The van der Waals surface area contributed by atoms with Gasteiger partial charge < -0.3 is 9.67 Å². The second-order valence-corrected chi connectivity index (χ2v) is 7.01. The Morgan fingerprint density at radius 1 is 1.14 bits per heavy atom. The van der Waals surface area contributed by atoms with Crippen LogP contribution in [0.15, 0.2) is 30.5 Å². The van der Waals surface area contributed by atoms with E-state index in [9.17, 15) is 5.11 Å². The fourth-order valence-electron chi connectivity index (χ4n) is 3.84. The number of piperidine rings is 1. The van der Waals surface area contributed by atoms with E-state index in [0.717, 1.165) is 31.8 Å². The van der Waals surface area contributed by atoms with Crippen molar-refractivity contribution in [3.8, 4) is 0 Å². The summed E-state index contributed by atoms with van der Waals surface area (Å²) in [6.07, 6.45) is 7.94. The molecule has 0 unspecified atom stereocenters. The average Bonchev–Trinajstić information content (AvgIpc) is 3.28. The first-order valence-electron chi connectivity index (χ1n) is 8.57. The van der Waals surface area contributed by atoms with Gasteiger partial charge in [-0.2, -0.15) is 0 Å². The molecule has 2 heterocycles. The van der Waals surface area contributed by atoms with Crippen LogP contribution in [0.3, 0.4) is 0 Å². The third-order valence-electron chi connectivity index (χ3n) is 5.36. The monoisotopic (exact) mass is 297 g/mol. The highest BCUT2D eigenvalue weighted by Crippen LogP contribution is 2.37. The van der Waals surface area contributed by atoms with Crippen LogP contribution in [0.2, 0.25) is 0 Å². The van der Waals surface area contributed by atoms with Gasteiger partial charge in [-0.3, -0.25) is 4.90 Å². The largest absolute Gasteiger partial charge is 0.371 e. The van der Waals surface area contributed by atoms with Gasteiger partial charge >= 0.3 is 0 Å². The van der Waals surface area contributed by atoms with E-state index in [0.29, 0.717) is 12.1 Å². The first-order chi connectivity index (χ1) is 10.7. The van der Waals surface area contributed by atoms with Gasteiger partial charge in [-0.15, -0.1) is 0 Å². The number of aliphatic hydroxyl groups is 1. The molecule has 1 saturated heterocycles. The number of hydrogen-bond donors (Lipinski definition) is 1. The number of rotatable bonds is 4. The van der Waals surface area contributed by atoms with E-state index in [-0.39, 0.29) is 0 Å². The Hall–Kier alpha value is -1.32. The van der Waals surface area contributed by atoms with Crippen molar-refractivity contribution in [1.82, 2.24) is 9.47 Å². The highest BCUT2D eigenvalue weighted by Gasteiger charge is 2.27. The Labute approximate surface area is 132 Å². The molecule has 1 aliphatic carbocycles. The van der Waals surface area contributed by atoms with Crippen molar-refractivity contribution in [2.75, 3.05) is 13.1 Å². The lowest BCUT2D eigenvalue weighted by molar-refractivity contribution is 0.0962. The number of fused-ring (bicyclic) bond motifs is 1. The second kappa shape index (κ2) is 5.71. The normalized spacial score (nSPS) is 21.0. The average molecular weight is 297 g/mol. The van der Waals surface area contributed by atoms with Crippen LogP contribution >= 0.6 is 0 Å². The Balaban J connectivity index is 1.61. The van der Waals surface area contributed by atoms with Crippen molar-refractivity contribution in [3.05, 3.63) is 42.3 Å². The molecule has 2 aromatic rings. The molecule has 2 aliphatic rings. The van der Waals surface area contributed by atoms with Crippen molar-refractivity contribution < 1.29 is 5.11 Å². The predicted molar refractivity (Wildman–Crippen MR) is 89.1 cm³/mol. The third kappa shape index (κ3) is 2.68. The summed E-state index contributed by atoms with van der Waals surface area (Å²) in [6.45, 7) is 4.91. The maximum absolute atomic E-state index is 9.65. The van der Waals surface area contributed by atoms with E-state index in [1.54, 1.807) is 6.92 Å². The van der Waals surface area contributed by atoms with E-state index in [1.165, 1.54) is 35.9 Å². The Morgan fingerprint density at radius 3 is 2.55 bits per heavy atom. The molecular weight excluding hydrogens is 272 g/mol. The highest BCUT2D eigenvalue weighted by molar-refractivity contribution is 5.84. The van der Waals surface area contributed by atoms with Crippen molar-refractivity contribution in [2.24, 2.45) is 5.92 Å². The van der Waals surface area contributed by atoms with Crippen LogP contribution in [0.1, 0.15) is 44.1 Å². The minimum Gasteiger partial charge on any atom is -0.371 e. The lowest BCUT2D eigenvalue weighted by atomic mass is 9.89. The van der Waals surface area contributed by atoms with Crippen LogP contribution in [0, 0.1) is 12.1 Å². The second-order valence-electron chi connectivity index (χ2n) is 7.01. The highest BCUT2D eigenvalue weighted by atomic mass is 16.3. The molecule has 3 nitrogen and oxygen atoms in total. The summed E-state index contributed by atoms with van der Waals surface area (Å²) >= 11 is 0. The molecule has 3 heteroatoms. The van der Waals surface area contributed by atoms with Gasteiger partial charge in [-0.05, 0) is 56.1 Å². The number of likely N-dealkylation sites (tertiary alicyclic amines) is 1. The molecule has 0 spiro atoms. The zero-order valence-electron chi connectivity index (χ0n) is 13.3. The zero-order chi connectivity index (χ0) is 15.1. The van der Waals surface area contributed by atoms with Crippen LogP contribution in [0.25, 0.3) is 10.9 Å². The summed E-state index contributed by atoms with van der Waals surface area (Å²) in [6, 6.07) is 8.86. The summed E-state index contributed by atoms with van der Waals surface area (Å²) in [5.74, 6) is 1.53. The van der Waals surface area contributed by atoms with Gasteiger partial charge in [0, 0.05) is 36.7 Å². The minimum absolute atomic E-state index is 0.467. The molecule has 1 saturated carbocycles. The molecule has 4 rings (SSSR count). The van der Waals surface area contributed by atoms with E-state index >= 15 is 0 Å². The van der Waals surface area contributed by atoms with E-state index in [1.807, 2.05) is 0 Å². The van der Waals surface area contributed by atoms with Crippen LogP contribution in [0.5, 0.6) is 0 Å². The van der Waals surface area contributed by atoms with Gasteiger partial charge in [0.15, 0.2) is 6.23 Å². The van der Waals surface area contributed by atoms with E-state index in [4.69, 9.17) is 0 Å². The molecule has 1 N–H and O–H groups in total. The van der Waals surface area contributed by atoms with Crippen molar-refractivity contribution in [1.29, 1.82) is 0 Å². The Bertz CT molecular complexity index is 648. The Kier molecular flexibility index (Phi) is 3.71. The molecule has 1 aliphatic heterocycles. The fourth-order valence-corrected chi connectivity index (χ4v) is 3.84. The van der Waals surface area contributed by atoms with E-state index < -0.39 is 0 Å². The molecule has 117 valence electrons. The molecule has 22 heavy (non-hydrogen) atoms. The van der Waals surface area contributed by atoms with Gasteiger partial charge in [0.25, 0.3) is 0 Å². The maximum Gasteiger partial charge on any atom is 0.158 e. The van der Waals surface area contributed by atoms with Gasteiger partial charge in [-0.1, -0.05) is 18.2 Å². The molecule has 1 radical (unpaired) electrons. The zero-order valence-corrected chi connectivity index (χ0v) is 13.3. The number of para-hydroxylation sites is 1. The Morgan fingerprint density at radius 2 is 1.86 bits per heavy atom. The van der Waals surface area contributed by atoms with Crippen LogP contribution in [0.4, 0.5) is 0 Å². The summed E-state index contributed by atoms with van der Waals surface area (Å²) in [7, 11) is 0. The number of aromatic nitrogens is 1. The van der Waals surface area contributed by atoms with Crippen LogP contribution in [-0.4, -0.2) is 27.7 Å². The van der Waals surface area contributed by atoms with Crippen molar-refractivity contribution in [2.45, 2.75) is 45.1 Å². The lowest BCUT2D eigenvalue weighted by Gasteiger charge is -2.32. The first kappa shape index (κ1) is 14.3. The van der Waals surface area contributed by atoms with Gasteiger partial charge in [-0.25, -0.2) is 0 Å². The molecule has 1 aromatic heterocycles. The summed E-state index contributed by atoms with van der Waals surface area (Å²) in [5, 5.41) is 11.1. The number of benzene rings is 1. The van der Waals surface area contributed by atoms with Crippen molar-refractivity contribution >= 4 is 10.9 Å². The summed E-state index contributed by atoms with van der Waals surface area (Å²) < 4.78 is 2.48. The number of nitrogens with zero attached hydrogens (tertiary/aromatic N) is 2. The number of aliphatic hydroxyl groups excluding tert-OH is 1. The van der Waals surface area contributed by atoms with Crippen LogP contribution in [-0.2, 0) is 6.54 Å². The topological polar surface area (TPSA) is 28.4 Å². The fraction of sp³-hybridized carbons (Fsp3) is 0.526. The first-order valence-corrected chi connectivity index (χ1v) is 8.57. The van der Waals surface area contributed by atoms with Gasteiger partial charge in [0.2, 0.25) is 0 Å². The molecular formula is C19H25N2O. The molecule has 1 aromatic carbocycles. The molecule has 2 fully saturated rings. The minimum atomic E-state index is 0.467. The molecule has 0 atom stereocenters. The van der Waals surface area contributed by atoms with E-state index in [2.05, 4.69) is 39.9 Å². The maximum atomic E-state index is 9.65. The smallest absolute Gasteiger partial charge is 0.158 e. The summed E-state index contributed by atoms with van der Waals surface area (Å²) in [4.78, 5) is 2.10. The van der Waals surface area contributed by atoms with Gasteiger partial charge in [0.1, 0.15) is 0 Å². The van der Waals surface area contributed by atoms with Gasteiger partial charge in [0.05, 0.1) is 0 Å². The SMILES string of the molecule is C[C](O)N1CCC(c2cn(CC3CC3)c3ccccc23)CC1. The standard InChI is InChI=1S/C19H25N2O/c1-14(22)20-10-8-16(9-11-20)18-13-21(12-15-6-7-15)19-5-3-2-4-17(18)19/h2-5,13,15-16,22H,6-12H2,1H3. The third-order valence-corrected chi connectivity index (χ3v) is 5.36. The molecule has 0 bridgehead atoms. The quantitative estimate of drug-likeness (QED) is 0.920. The number of hydrogen-bond acceptors (Lipinski definition) is 2. The summed E-state index contributed by atoms with van der Waals surface area (Å²) in [5.41, 5.74) is 2.92. The predicted octanol–water partition coefficient (Wildman–Crippen LogP) is 4.11. The molecule has 0 amide bonds. The lowest BCUT2D eigenvalue weighted by Crippen LogP contribution is -2.34. The van der Waals surface area contributed by atoms with Crippen LogP contribution < -0.4 is 0 Å².